The maximum absolute atomic E-state index is 12.5. The lowest BCUT2D eigenvalue weighted by Gasteiger charge is -2.30. The Morgan fingerprint density at radius 3 is 2.95 bits per heavy atom. The van der Waals surface area contributed by atoms with E-state index in [-0.39, 0.29) is 19.1 Å². The minimum absolute atomic E-state index is 0.0399. The molecule has 0 radical (unpaired) electrons. The van der Waals surface area contributed by atoms with E-state index in [9.17, 15) is 9.59 Å². The molecule has 8 heteroatoms. The Labute approximate surface area is 126 Å². The molecule has 1 aliphatic heterocycles. The Morgan fingerprint density at radius 2 is 2.23 bits per heavy atom. The average molecular weight is 304 g/mol. The van der Waals surface area contributed by atoms with Crippen LogP contribution in [0.2, 0.25) is 0 Å². The number of aromatic nitrogens is 3. The van der Waals surface area contributed by atoms with Crippen molar-refractivity contribution in [1.82, 2.24) is 19.7 Å². The van der Waals surface area contributed by atoms with Crippen molar-refractivity contribution in [2.24, 2.45) is 7.05 Å². The predicted molar refractivity (Wildman–Crippen MR) is 76.5 cm³/mol. The average Bonchev–Trinajstić information content (AvgIpc) is 2.81. The van der Waals surface area contributed by atoms with Gasteiger partial charge in [0.15, 0.2) is 11.8 Å². The van der Waals surface area contributed by atoms with Crippen LogP contribution < -0.4 is 0 Å². The Kier molecular flexibility index (Phi) is 3.53. The SMILES string of the molecule is Cc1nn(C)c2ncc(C(=O)N3CCOC(C(=O)O)C3)cc12. The molecule has 22 heavy (non-hydrogen) atoms. The molecule has 8 nitrogen and oxygen atoms in total. The van der Waals surface area contributed by atoms with Crippen LogP contribution in [0.3, 0.4) is 0 Å². The maximum Gasteiger partial charge on any atom is 0.334 e. The van der Waals surface area contributed by atoms with Gasteiger partial charge in [0.05, 0.1) is 24.4 Å². The first-order valence-corrected chi connectivity index (χ1v) is 6.90. The molecule has 0 spiro atoms. The van der Waals surface area contributed by atoms with Crippen LogP contribution >= 0.6 is 0 Å². The molecular formula is C14H16N4O4. The molecule has 1 N–H and O–H groups in total. The summed E-state index contributed by atoms with van der Waals surface area (Å²) in [5.74, 6) is -1.30. The molecule has 1 amide bonds. The van der Waals surface area contributed by atoms with E-state index in [1.807, 2.05) is 6.92 Å². The van der Waals surface area contributed by atoms with Crippen LogP contribution in [-0.4, -0.2) is 62.4 Å². The summed E-state index contributed by atoms with van der Waals surface area (Å²) < 4.78 is 6.79. The van der Waals surface area contributed by atoms with E-state index in [2.05, 4.69) is 10.1 Å². The van der Waals surface area contributed by atoms with Crippen molar-refractivity contribution in [2.45, 2.75) is 13.0 Å². The quantitative estimate of drug-likeness (QED) is 0.851. The fourth-order valence-electron chi connectivity index (χ4n) is 2.59. The molecule has 1 unspecified atom stereocenters. The fourth-order valence-corrected chi connectivity index (χ4v) is 2.59. The first-order chi connectivity index (χ1) is 10.5. The van der Waals surface area contributed by atoms with Gasteiger partial charge < -0.3 is 14.7 Å². The standard InChI is InChI=1S/C14H16N4O4/c1-8-10-5-9(6-15-12(10)17(2)16-8)13(19)18-3-4-22-11(7-18)14(20)21/h5-6,11H,3-4,7H2,1-2H3,(H,20,21). The molecule has 116 valence electrons. The highest BCUT2D eigenvalue weighted by molar-refractivity contribution is 5.97. The zero-order valence-corrected chi connectivity index (χ0v) is 12.3. The van der Waals surface area contributed by atoms with Crippen LogP contribution in [0.15, 0.2) is 12.3 Å². The molecule has 1 fully saturated rings. The van der Waals surface area contributed by atoms with Gasteiger partial charge in [-0.05, 0) is 13.0 Å². The maximum atomic E-state index is 12.5. The first kappa shape index (κ1) is 14.5. The van der Waals surface area contributed by atoms with Gasteiger partial charge in [0.25, 0.3) is 5.91 Å². The lowest BCUT2D eigenvalue weighted by atomic mass is 10.1. The van der Waals surface area contributed by atoms with Gasteiger partial charge in [-0.2, -0.15) is 5.10 Å². The fraction of sp³-hybridized carbons (Fsp3) is 0.429. The zero-order valence-electron chi connectivity index (χ0n) is 12.3. The van der Waals surface area contributed by atoms with Crippen molar-refractivity contribution >= 4 is 22.9 Å². The molecule has 0 aliphatic carbocycles. The zero-order chi connectivity index (χ0) is 15.9. The summed E-state index contributed by atoms with van der Waals surface area (Å²) in [5, 5.41) is 14.1. The summed E-state index contributed by atoms with van der Waals surface area (Å²) >= 11 is 0. The highest BCUT2D eigenvalue weighted by Crippen LogP contribution is 2.18. The summed E-state index contributed by atoms with van der Waals surface area (Å²) in [7, 11) is 1.79. The molecule has 0 bridgehead atoms. The third-order valence-electron chi connectivity index (χ3n) is 3.74. The molecule has 0 saturated carbocycles. The molecule has 3 heterocycles. The summed E-state index contributed by atoms with van der Waals surface area (Å²) in [6.07, 6.45) is 0.520. The lowest BCUT2D eigenvalue weighted by molar-refractivity contribution is -0.154. The van der Waals surface area contributed by atoms with Gasteiger partial charge in [-0.25, -0.2) is 9.78 Å². The molecule has 1 saturated heterocycles. The van der Waals surface area contributed by atoms with Gasteiger partial charge in [0.1, 0.15) is 0 Å². The smallest absolute Gasteiger partial charge is 0.334 e. The largest absolute Gasteiger partial charge is 0.479 e. The van der Waals surface area contributed by atoms with E-state index >= 15 is 0 Å². The molecule has 2 aromatic heterocycles. The van der Waals surface area contributed by atoms with Crippen LogP contribution in [0.25, 0.3) is 11.0 Å². The first-order valence-electron chi connectivity index (χ1n) is 6.90. The van der Waals surface area contributed by atoms with Crippen molar-refractivity contribution in [2.75, 3.05) is 19.7 Å². The van der Waals surface area contributed by atoms with Gasteiger partial charge in [-0.1, -0.05) is 0 Å². The van der Waals surface area contributed by atoms with Crippen LogP contribution in [0.5, 0.6) is 0 Å². The van der Waals surface area contributed by atoms with Crippen LogP contribution in [0, 0.1) is 6.92 Å². The second kappa shape index (κ2) is 5.38. The molecule has 0 aromatic carbocycles. The second-order valence-corrected chi connectivity index (χ2v) is 5.25. The summed E-state index contributed by atoms with van der Waals surface area (Å²) in [6, 6.07) is 1.75. The molecule has 1 aliphatic rings. The second-order valence-electron chi connectivity index (χ2n) is 5.25. The number of morpholine rings is 1. The number of carboxylic acid groups (broad SMARTS) is 1. The number of aliphatic carboxylic acids is 1. The summed E-state index contributed by atoms with van der Waals surface area (Å²) in [6.45, 7) is 2.47. The lowest BCUT2D eigenvalue weighted by Crippen LogP contribution is -2.48. The van der Waals surface area contributed by atoms with Crippen molar-refractivity contribution < 1.29 is 19.4 Å². The number of carbonyl (C=O) groups excluding carboxylic acids is 1. The molecular weight excluding hydrogens is 288 g/mol. The number of hydrogen-bond donors (Lipinski definition) is 1. The Bertz CT molecular complexity index is 755. The van der Waals surface area contributed by atoms with Crippen molar-refractivity contribution in [1.29, 1.82) is 0 Å². The van der Waals surface area contributed by atoms with E-state index < -0.39 is 12.1 Å². The third kappa shape index (κ3) is 2.41. The normalized spacial score (nSPS) is 18.6. The molecule has 3 rings (SSSR count). The Hall–Kier alpha value is -2.48. The van der Waals surface area contributed by atoms with Crippen molar-refractivity contribution in [3.8, 4) is 0 Å². The summed E-state index contributed by atoms with van der Waals surface area (Å²) in [4.78, 5) is 29.3. The van der Waals surface area contributed by atoms with Gasteiger partial charge in [0, 0.05) is 25.2 Å². The van der Waals surface area contributed by atoms with E-state index in [0.717, 1.165) is 11.1 Å². The summed E-state index contributed by atoms with van der Waals surface area (Å²) in [5.41, 5.74) is 1.93. The van der Waals surface area contributed by atoms with E-state index in [1.165, 1.54) is 11.1 Å². The van der Waals surface area contributed by atoms with Crippen LogP contribution in [0.4, 0.5) is 0 Å². The van der Waals surface area contributed by atoms with Crippen molar-refractivity contribution in [3.63, 3.8) is 0 Å². The van der Waals surface area contributed by atoms with E-state index in [4.69, 9.17) is 9.84 Å². The Morgan fingerprint density at radius 1 is 1.45 bits per heavy atom. The topological polar surface area (TPSA) is 97.5 Å². The number of fused-ring (bicyclic) bond motifs is 1. The number of rotatable bonds is 2. The number of ether oxygens (including phenoxy) is 1. The number of carboxylic acids is 1. The minimum atomic E-state index is -1.06. The number of aryl methyl sites for hydroxylation is 2. The monoisotopic (exact) mass is 304 g/mol. The van der Waals surface area contributed by atoms with Crippen molar-refractivity contribution in [3.05, 3.63) is 23.5 Å². The highest BCUT2D eigenvalue weighted by atomic mass is 16.5. The van der Waals surface area contributed by atoms with Gasteiger partial charge in [0.2, 0.25) is 0 Å². The minimum Gasteiger partial charge on any atom is -0.479 e. The highest BCUT2D eigenvalue weighted by Gasteiger charge is 2.29. The third-order valence-corrected chi connectivity index (χ3v) is 3.74. The number of pyridine rings is 1. The number of carbonyl (C=O) groups is 2. The van der Waals surface area contributed by atoms with Crippen LogP contribution in [0.1, 0.15) is 16.1 Å². The number of nitrogens with zero attached hydrogens (tertiary/aromatic N) is 4. The molecule has 2 aromatic rings. The van der Waals surface area contributed by atoms with Gasteiger partial charge >= 0.3 is 5.97 Å². The number of amides is 1. The van der Waals surface area contributed by atoms with E-state index in [0.29, 0.717) is 17.8 Å². The Balaban J connectivity index is 1.88. The number of hydrogen-bond acceptors (Lipinski definition) is 5. The predicted octanol–water partition coefficient (Wildman–Crippen LogP) is 0.202. The van der Waals surface area contributed by atoms with Crippen LogP contribution in [-0.2, 0) is 16.6 Å². The molecule has 1 atom stereocenters. The van der Waals surface area contributed by atoms with Gasteiger partial charge in [-0.15, -0.1) is 0 Å². The van der Waals surface area contributed by atoms with E-state index in [1.54, 1.807) is 17.8 Å². The van der Waals surface area contributed by atoms with Gasteiger partial charge in [-0.3, -0.25) is 9.48 Å².